The Morgan fingerprint density at radius 1 is 1.30 bits per heavy atom. The summed E-state index contributed by atoms with van der Waals surface area (Å²) in [6.07, 6.45) is 7.33. The molecule has 0 bridgehead atoms. The maximum absolute atomic E-state index is 5.68. The van der Waals surface area contributed by atoms with Gasteiger partial charge in [0.15, 0.2) is 0 Å². The molecule has 4 heterocycles. The number of nitrogens with zero attached hydrogens (tertiary/aromatic N) is 5. The number of likely N-dealkylation sites (tertiary alicyclic amines) is 1. The van der Waals surface area contributed by atoms with Crippen LogP contribution in [0.3, 0.4) is 0 Å². The van der Waals surface area contributed by atoms with Gasteiger partial charge in [-0.05, 0) is 31.5 Å². The van der Waals surface area contributed by atoms with Crippen molar-refractivity contribution in [1.82, 2.24) is 30.0 Å². The van der Waals surface area contributed by atoms with Crippen molar-refractivity contribution in [3.05, 3.63) is 42.4 Å². The number of methoxy groups -OCH3 is 1. The molecule has 9 nitrogen and oxygen atoms in total. The van der Waals surface area contributed by atoms with Crippen LogP contribution < -0.4 is 4.74 Å². The minimum absolute atomic E-state index is 0.0888. The summed E-state index contributed by atoms with van der Waals surface area (Å²) in [5.74, 6) is 2.50. The van der Waals surface area contributed by atoms with Crippen molar-refractivity contribution < 1.29 is 14.0 Å². The normalized spacial score (nSPS) is 17.4. The highest BCUT2D eigenvalue weighted by Crippen LogP contribution is 2.34. The van der Waals surface area contributed by atoms with Gasteiger partial charge in [0, 0.05) is 25.7 Å². The zero-order valence-corrected chi connectivity index (χ0v) is 15.2. The van der Waals surface area contributed by atoms with E-state index in [1.165, 1.54) is 0 Å². The SMILES string of the molecule is COCCOc1ncccc1-c1noc([C@@H]2CCCN2Cc2ncc[nH]2)n1. The van der Waals surface area contributed by atoms with E-state index < -0.39 is 0 Å². The van der Waals surface area contributed by atoms with Crippen LogP contribution in [0, 0.1) is 0 Å². The highest BCUT2D eigenvalue weighted by Gasteiger charge is 2.31. The standard InChI is InChI=1S/C18H22N6O3/c1-25-10-11-26-17-13(4-2-6-21-17)16-22-18(27-23-16)14-5-3-9-24(14)12-15-19-7-8-20-15/h2,4,6-8,14H,3,5,9-12H2,1H3,(H,19,20)/t14-/m0/s1. The maximum Gasteiger partial charge on any atom is 0.244 e. The number of hydrogen-bond donors (Lipinski definition) is 1. The fraction of sp³-hybridized carbons (Fsp3) is 0.444. The number of nitrogens with one attached hydrogen (secondary N) is 1. The Hall–Kier alpha value is -2.78. The van der Waals surface area contributed by atoms with E-state index in [-0.39, 0.29) is 6.04 Å². The molecule has 0 radical (unpaired) electrons. The number of H-pyrrole nitrogens is 1. The molecule has 0 saturated carbocycles. The van der Waals surface area contributed by atoms with Crippen LogP contribution in [-0.2, 0) is 11.3 Å². The molecular formula is C18H22N6O3. The predicted molar refractivity (Wildman–Crippen MR) is 95.9 cm³/mol. The second-order valence-corrected chi connectivity index (χ2v) is 6.32. The summed E-state index contributed by atoms with van der Waals surface area (Å²) in [5.41, 5.74) is 0.708. The van der Waals surface area contributed by atoms with Crippen LogP contribution in [0.2, 0.25) is 0 Å². The summed E-state index contributed by atoms with van der Waals surface area (Å²) in [6, 6.07) is 3.79. The minimum atomic E-state index is 0.0888. The molecule has 27 heavy (non-hydrogen) atoms. The summed E-state index contributed by atoms with van der Waals surface area (Å²) in [6.45, 7) is 2.59. The molecule has 9 heteroatoms. The average Bonchev–Trinajstić information content (AvgIpc) is 3.44. The summed E-state index contributed by atoms with van der Waals surface area (Å²) >= 11 is 0. The highest BCUT2D eigenvalue weighted by atomic mass is 16.5. The van der Waals surface area contributed by atoms with Gasteiger partial charge in [0.1, 0.15) is 12.4 Å². The third-order valence-electron chi connectivity index (χ3n) is 4.54. The lowest BCUT2D eigenvalue weighted by Gasteiger charge is -2.19. The molecule has 0 spiro atoms. The fourth-order valence-corrected chi connectivity index (χ4v) is 3.25. The van der Waals surface area contributed by atoms with E-state index in [4.69, 9.17) is 14.0 Å². The minimum Gasteiger partial charge on any atom is -0.475 e. The number of imidazole rings is 1. The van der Waals surface area contributed by atoms with Gasteiger partial charge in [-0.2, -0.15) is 4.98 Å². The van der Waals surface area contributed by atoms with E-state index in [0.717, 1.165) is 31.8 Å². The number of aromatic nitrogens is 5. The zero-order valence-electron chi connectivity index (χ0n) is 15.2. The molecule has 1 fully saturated rings. The van der Waals surface area contributed by atoms with Gasteiger partial charge in [-0.25, -0.2) is 9.97 Å². The number of ether oxygens (including phenoxy) is 2. The van der Waals surface area contributed by atoms with Crippen molar-refractivity contribution in [1.29, 1.82) is 0 Å². The Kier molecular flexibility index (Phi) is 5.40. The van der Waals surface area contributed by atoms with Gasteiger partial charge in [0.25, 0.3) is 0 Å². The van der Waals surface area contributed by atoms with E-state index in [9.17, 15) is 0 Å². The van der Waals surface area contributed by atoms with Crippen molar-refractivity contribution in [2.24, 2.45) is 0 Å². The summed E-state index contributed by atoms with van der Waals surface area (Å²) in [5, 5.41) is 4.16. The molecule has 1 aliphatic rings. The molecule has 1 aliphatic heterocycles. The van der Waals surface area contributed by atoms with Gasteiger partial charge in [-0.1, -0.05) is 5.16 Å². The Labute approximate surface area is 156 Å². The van der Waals surface area contributed by atoms with E-state index in [0.29, 0.717) is 36.4 Å². The molecule has 0 aliphatic carbocycles. The molecule has 1 saturated heterocycles. The lowest BCUT2D eigenvalue weighted by atomic mass is 10.2. The molecular weight excluding hydrogens is 348 g/mol. The van der Waals surface area contributed by atoms with Gasteiger partial charge in [0.05, 0.1) is 24.8 Å². The quantitative estimate of drug-likeness (QED) is 0.602. The first-order valence-corrected chi connectivity index (χ1v) is 8.98. The second-order valence-electron chi connectivity index (χ2n) is 6.32. The second kappa shape index (κ2) is 8.28. The molecule has 0 unspecified atom stereocenters. The van der Waals surface area contributed by atoms with Crippen molar-refractivity contribution >= 4 is 0 Å². The van der Waals surface area contributed by atoms with Crippen LogP contribution in [-0.4, -0.2) is 56.9 Å². The Balaban J connectivity index is 1.51. The van der Waals surface area contributed by atoms with Gasteiger partial charge >= 0.3 is 0 Å². The number of aromatic amines is 1. The van der Waals surface area contributed by atoms with Crippen LogP contribution in [0.15, 0.2) is 35.2 Å². The molecule has 0 amide bonds. The first-order valence-electron chi connectivity index (χ1n) is 8.98. The number of pyridine rings is 1. The predicted octanol–water partition coefficient (Wildman–Crippen LogP) is 2.22. The van der Waals surface area contributed by atoms with Crippen molar-refractivity contribution in [2.75, 3.05) is 26.9 Å². The van der Waals surface area contributed by atoms with Crippen LogP contribution in [0.4, 0.5) is 0 Å². The molecule has 0 aromatic carbocycles. The third kappa shape index (κ3) is 3.99. The van der Waals surface area contributed by atoms with Gasteiger partial charge in [-0.15, -0.1) is 0 Å². The largest absolute Gasteiger partial charge is 0.475 e. The van der Waals surface area contributed by atoms with Crippen molar-refractivity contribution in [2.45, 2.75) is 25.4 Å². The molecule has 1 atom stereocenters. The lowest BCUT2D eigenvalue weighted by Crippen LogP contribution is -2.23. The first kappa shape index (κ1) is 17.6. The van der Waals surface area contributed by atoms with Crippen LogP contribution >= 0.6 is 0 Å². The summed E-state index contributed by atoms with van der Waals surface area (Å²) in [7, 11) is 1.63. The van der Waals surface area contributed by atoms with E-state index >= 15 is 0 Å². The summed E-state index contributed by atoms with van der Waals surface area (Å²) < 4.78 is 16.3. The van der Waals surface area contributed by atoms with Gasteiger partial charge < -0.3 is 19.0 Å². The molecule has 3 aromatic rings. The molecule has 1 N–H and O–H groups in total. The van der Waals surface area contributed by atoms with E-state index in [1.54, 1.807) is 19.5 Å². The average molecular weight is 370 g/mol. The molecule has 3 aromatic heterocycles. The Bertz CT molecular complexity index is 850. The Morgan fingerprint density at radius 3 is 3.11 bits per heavy atom. The van der Waals surface area contributed by atoms with Crippen LogP contribution in [0.25, 0.3) is 11.4 Å². The summed E-state index contributed by atoms with van der Waals surface area (Å²) in [4.78, 5) is 18.7. The molecule has 4 rings (SSSR count). The van der Waals surface area contributed by atoms with E-state index in [2.05, 4.69) is 30.0 Å². The van der Waals surface area contributed by atoms with Crippen LogP contribution in [0.5, 0.6) is 5.88 Å². The Morgan fingerprint density at radius 2 is 2.26 bits per heavy atom. The van der Waals surface area contributed by atoms with E-state index in [1.807, 2.05) is 18.3 Å². The number of hydrogen-bond acceptors (Lipinski definition) is 8. The highest BCUT2D eigenvalue weighted by molar-refractivity contribution is 5.60. The monoisotopic (exact) mass is 370 g/mol. The van der Waals surface area contributed by atoms with Crippen molar-refractivity contribution in [3.63, 3.8) is 0 Å². The topological polar surface area (TPSA) is 102 Å². The third-order valence-corrected chi connectivity index (χ3v) is 4.54. The van der Waals surface area contributed by atoms with Gasteiger partial charge in [0.2, 0.25) is 17.6 Å². The van der Waals surface area contributed by atoms with Crippen LogP contribution in [0.1, 0.15) is 30.6 Å². The van der Waals surface area contributed by atoms with Crippen molar-refractivity contribution in [3.8, 4) is 17.3 Å². The van der Waals surface area contributed by atoms with Gasteiger partial charge in [-0.3, -0.25) is 4.90 Å². The maximum atomic E-state index is 5.68. The smallest absolute Gasteiger partial charge is 0.244 e. The fourth-order valence-electron chi connectivity index (χ4n) is 3.25. The zero-order chi connectivity index (χ0) is 18.5. The first-order chi connectivity index (χ1) is 13.3. The number of rotatable bonds is 8. The molecule has 142 valence electrons. The lowest BCUT2D eigenvalue weighted by molar-refractivity contribution is 0.144.